The van der Waals surface area contributed by atoms with Gasteiger partial charge in [-0.3, -0.25) is 4.79 Å². The summed E-state index contributed by atoms with van der Waals surface area (Å²) >= 11 is 1.58. The van der Waals surface area contributed by atoms with Gasteiger partial charge in [0, 0.05) is 22.5 Å². The van der Waals surface area contributed by atoms with E-state index < -0.39 is 0 Å². The zero-order chi connectivity index (χ0) is 22.6. The number of rotatable bonds is 7. The zero-order valence-electron chi connectivity index (χ0n) is 19.3. The van der Waals surface area contributed by atoms with Gasteiger partial charge in [0.05, 0.1) is 4.88 Å². The standard InChI is InChI=1S/C28H32N2O2S/c1-20-7-5-10-24-26(20)27-23(19-32-24)18-25(33-27)28(31)29-13-6-14-30-15-11-22(12-16-30)17-21-8-3-2-4-9-21/h2-5,7-10,18,22H,6,11-17,19H2,1H3,(H,29,31). The molecule has 2 aromatic carbocycles. The van der Waals surface area contributed by atoms with Gasteiger partial charge in [0.2, 0.25) is 0 Å². The Morgan fingerprint density at radius 3 is 2.76 bits per heavy atom. The molecule has 1 N–H and O–H groups in total. The SMILES string of the molecule is Cc1cccc2c1-c1sc(C(=O)NCCCN3CCC(Cc4ccccc4)CC3)cc1CO2. The van der Waals surface area contributed by atoms with Crippen LogP contribution in [0.25, 0.3) is 10.4 Å². The van der Waals surface area contributed by atoms with Gasteiger partial charge in [0.1, 0.15) is 12.4 Å². The molecule has 3 aromatic rings. The van der Waals surface area contributed by atoms with Crippen molar-refractivity contribution in [2.75, 3.05) is 26.2 Å². The molecule has 0 bridgehead atoms. The Morgan fingerprint density at radius 1 is 1.12 bits per heavy atom. The molecule has 2 aliphatic heterocycles. The number of carbonyl (C=O) groups is 1. The molecule has 172 valence electrons. The van der Waals surface area contributed by atoms with Crippen LogP contribution >= 0.6 is 11.3 Å². The summed E-state index contributed by atoms with van der Waals surface area (Å²) in [5.41, 5.74) is 4.90. The quantitative estimate of drug-likeness (QED) is 0.461. The highest BCUT2D eigenvalue weighted by Gasteiger charge is 2.24. The molecule has 2 aliphatic rings. The van der Waals surface area contributed by atoms with Crippen LogP contribution in [0.1, 0.15) is 45.6 Å². The van der Waals surface area contributed by atoms with E-state index in [-0.39, 0.29) is 5.91 Å². The molecule has 0 saturated carbocycles. The summed E-state index contributed by atoms with van der Waals surface area (Å²) < 4.78 is 5.90. The summed E-state index contributed by atoms with van der Waals surface area (Å²) in [4.78, 5) is 17.3. The van der Waals surface area contributed by atoms with Crippen LogP contribution in [0, 0.1) is 12.8 Å². The minimum absolute atomic E-state index is 0.0334. The normalized spacial score (nSPS) is 16.0. The molecule has 5 heteroatoms. The molecule has 0 unspecified atom stereocenters. The number of nitrogens with one attached hydrogen (secondary N) is 1. The van der Waals surface area contributed by atoms with E-state index in [4.69, 9.17) is 4.74 Å². The van der Waals surface area contributed by atoms with Crippen LogP contribution in [0.2, 0.25) is 0 Å². The topological polar surface area (TPSA) is 41.6 Å². The van der Waals surface area contributed by atoms with Crippen molar-refractivity contribution in [3.63, 3.8) is 0 Å². The minimum Gasteiger partial charge on any atom is -0.488 e. The average molecular weight is 461 g/mol. The summed E-state index contributed by atoms with van der Waals surface area (Å²) in [7, 11) is 0. The third kappa shape index (κ3) is 5.15. The maximum atomic E-state index is 12.8. The Hall–Kier alpha value is -2.63. The Bertz CT molecular complexity index is 1100. The summed E-state index contributed by atoms with van der Waals surface area (Å²) in [6.07, 6.45) is 4.73. The van der Waals surface area contributed by atoms with Crippen LogP contribution < -0.4 is 10.1 Å². The number of fused-ring (bicyclic) bond motifs is 3. The fourth-order valence-electron chi connectivity index (χ4n) is 5.02. The van der Waals surface area contributed by atoms with Gasteiger partial charge in [-0.15, -0.1) is 11.3 Å². The van der Waals surface area contributed by atoms with Crippen molar-refractivity contribution in [1.29, 1.82) is 0 Å². The first-order valence-corrected chi connectivity index (χ1v) is 12.9. The summed E-state index contributed by atoms with van der Waals surface area (Å²) in [6, 6.07) is 19.0. The molecule has 1 aromatic heterocycles. The van der Waals surface area contributed by atoms with Crippen molar-refractivity contribution in [2.24, 2.45) is 5.92 Å². The fraction of sp³-hybridized carbons (Fsp3) is 0.393. The van der Waals surface area contributed by atoms with Gasteiger partial charge in [-0.25, -0.2) is 0 Å². The van der Waals surface area contributed by atoms with Crippen molar-refractivity contribution in [3.05, 3.63) is 76.2 Å². The second-order valence-electron chi connectivity index (χ2n) is 9.29. The van der Waals surface area contributed by atoms with Gasteiger partial charge in [-0.05, 0) is 81.4 Å². The second-order valence-corrected chi connectivity index (χ2v) is 10.3. The van der Waals surface area contributed by atoms with Crippen LogP contribution in [-0.2, 0) is 13.0 Å². The van der Waals surface area contributed by atoms with Gasteiger partial charge in [-0.2, -0.15) is 0 Å². The van der Waals surface area contributed by atoms with Crippen molar-refractivity contribution in [1.82, 2.24) is 10.2 Å². The van der Waals surface area contributed by atoms with E-state index in [0.717, 1.165) is 47.2 Å². The van der Waals surface area contributed by atoms with Crippen LogP contribution in [0.4, 0.5) is 0 Å². The molecule has 1 fully saturated rings. The van der Waals surface area contributed by atoms with E-state index in [0.29, 0.717) is 6.61 Å². The van der Waals surface area contributed by atoms with Gasteiger partial charge >= 0.3 is 0 Å². The summed E-state index contributed by atoms with van der Waals surface area (Å²) in [6.45, 7) is 6.75. The van der Waals surface area contributed by atoms with E-state index in [1.54, 1.807) is 11.3 Å². The number of carbonyl (C=O) groups excluding carboxylic acids is 1. The largest absolute Gasteiger partial charge is 0.488 e. The maximum absolute atomic E-state index is 12.8. The van der Waals surface area contributed by atoms with Gasteiger partial charge in [0.25, 0.3) is 5.91 Å². The first-order chi connectivity index (χ1) is 16.2. The molecule has 5 rings (SSSR count). The highest BCUT2D eigenvalue weighted by molar-refractivity contribution is 7.17. The number of amides is 1. The summed E-state index contributed by atoms with van der Waals surface area (Å²) in [5.74, 6) is 1.75. The third-order valence-electron chi connectivity index (χ3n) is 6.89. The maximum Gasteiger partial charge on any atom is 0.261 e. The Labute approximate surface area is 200 Å². The number of aryl methyl sites for hydroxylation is 1. The van der Waals surface area contributed by atoms with Crippen LogP contribution in [0.15, 0.2) is 54.6 Å². The number of hydrogen-bond acceptors (Lipinski definition) is 4. The molecular weight excluding hydrogens is 428 g/mol. The van der Waals surface area contributed by atoms with Crippen molar-refractivity contribution < 1.29 is 9.53 Å². The van der Waals surface area contributed by atoms with Crippen molar-refractivity contribution >= 4 is 17.2 Å². The molecule has 0 spiro atoms. The van der Waals surface area contributed by atoms with Crippen LogP contribution in [0.3, 0.4) is 0 Å². The van der Waals surface area contributed by atoms with Crippen molar-refractivity contribution in [2.45, 2.75) is 39.2 Å². The molecule has 1 saturated heterocycles. The molecule has 3 heterocycles. The van der Waals surface area contributed by atoms with E-state index >= 15 is 0 Å². The molecule has 4 nitrogen and oxygen atoms in total. The van der Waals surface area contributed by atoms with Gasteiger partial charge in [0.15, 0.2) is 0 Å². The number of ether oxygens (including phenoxy) is 1. The number of hydrogen-bond donors (Lipinski definition) is 1. The summed E-state index contributed by atoms with van der Waals surface area (Å²) in [5, 5.41) is 3.13. The molecule has 0 atom stereocenters. The van der Waals surface area contributed by atoms with E-state index in [1.165, 1.54) is 48.4 Å². The predicted octanol–water partition coefficient (Wildman–Crippen LogP) is 5.69. The van der Waals surface area contributed by atoms with Crippen LogP contribution in [0.5, 0.6) is 5.75 Å². The number of thiophene rings is 1. The first kappa shape index (κ1) is 22.2. The Balaban J connectivity index is 1.07. The lowest BCUT2D eigenvalue weighted by molar-refractivity contribution is 0.0954. The number of piperidine rings is 1. The lowest BCUT2D eigenvalue weighted by atomic mass is 9.90. The average Bonchev–Trinajstić information content (AvgIpc) is 3.28. The highest BCUT2D eigenvalue weighted by Crippen LogP contribution is 2.44. The van der Waals surface area contributed by atoms with E-state index in [9.17, 15) is 4.79 Å². The number of benzene rings is 2. The Kier molecular flexibility index (Phi) is 6.79. The first-order valence-electron chi connectivity index (χ1n) is 12.1. The predicted molar refractivity (Wildman–Crippen MR) is 135 cm³/mol. The zero-order valence-corrected chi connectivity index (χ0v) is 20.1. The van der Waals surface area contributed by atoms with Crippen molar-refractivity contribution in [3.8, 4) is 16.2 Å². The van der Waals surface area contributed by atoms with Crippen LogP contribution in [-0.4, -0.2) is 37.0 Å². The minimum atomic E-state index is 0.0334. The molecule has 0 radical (unpaired) electrons. The van der Waals surface area contributed by atoms with E-state index in [1.807, 2.05) is 18.2 Å². The molecule has 1 amide bonds. The number of nitrogens with zero attached hydrogens (tertiary/aromatic N) is 1. The number of likely N-dealkylation sites (tertiary alicyclic amines) is 1. The smallest absolute Gasteiger partial charge is 0.261 e. The monoisotopic (exact) mass is 460 g/mol. The van der Waals surface area contributed by atoms with Gasteiger partial charge < -0.3 is 15.0 Å². The Morgan fingerprint density at radius 2 is 1.94 bits per heavy atom. The lowest BCUT2D eigenvalue weighted by Crippen LogP contribution is -2.36. The highest BCUT2D eigenvalue weighted by atomic mass is 32.1. The van der Waals surface area contributed by atoms with E-state index in [2.05, 4.69) is 53.5 Å². The molecule has 0 aliphatic carbocycles. The molecule has 33 heavy (non-hydrogen) atoms. The second kappa shape index (κ2) is 10.1. The fourth-order valence-corrected chi connectivity index (χ4v) is 6.22. The lowest BCUT2D eigenvalue weighted by Gasteiger charge is -2.32. The third-order valence-corrected chi connectivity index (χ3v) is 8.08. The molecular formula is C28H32N2O2S. The van der Waals surface area contributed by atoms with Gasteiger partial charge in [-0.1, -0.05) is 42.5 Å².